The predicted molar refractivity (Wildman–Crippen MR) is 87.6 cm³/mol. The standard InChI is InChI=1S/C17H19ClN2O4/c1-11(15(22)20-17(10-19)7-3-2-4-8-17)24-16(23)13-6-5-12(18)9-14(13)21/h5-6,9,11,21H,2-4,7-8H2,1H3,(H,20,22)/t11-/m1/s1. The van der Waals surface area contributed by atoms with Crippen LogP contribution < -0.4 is 5.32 Å². The molecule has 0 saturated heterocycles. The summed E-state index contributed by atoms with van der Waals surface area (Å²) in [7, 11) is 0. The van der Waals surface area contributed by atoms with Gasteiger partial charge in [0, 0.05) is 5.02 Å². The van der Waals surface area contributed by atoms with Gasteiger partial charge < -0.3 is 15.2 Å². The van der Waals surface area contributed by atoms with Crippen LogP contribution in [0.5, 0.6) is 5.75 Å². The molecule has 7 heteroatoms. The number of halogens is 1. The first-order chi connectivity index (χ1) is 11.4. The van der Waals surface area contributed by atoms with Gasteiger partial charge in [0.2, 0.25) is 0 Å². The minimum atomic E-state index is -1.08. The molecule has 0 aromatic heterocycles. The quantitative estimate of drug-likeness (QED) is 0.813. The van der Waals surface area contributed by atoms with Crippen molar-refractivity contribution in [1.82, 2.24) is 5.32 Å². The highest BCUT2D eigenvalue weighted by molar-refractivity contribution is 6.30. The van der Waals surface area contributed by atoms with Crippen LogP contribution in [0.2, 0.25) is 5.02 Å². The third kappa shape index (κ3) is 4.18. The summed E-state index contributed by atoms with van der Waals surface area (Å²) in [5.74, 6) is -1.68. The van der Waals surface area contributed by atoms with Crippen LogP contribution in [-0.2, 0) is 9.53 Å². The Labute approximate surface area is 145 Å². The number of ether oxygens (including phenoxy) is 1. The molecular weight excluding hydrogens is 332 g/mol. The lowest BCUT2D eigenvalue weighted by Gasteiger charge is -2.32. The fourth-order valence-electron chi connectivity index (χ4n) is 2.71. The van der Waals surface area contributed by atoms with E-state index in [0.717, 1.165) is 19.3 Å². The number of carbonyl (C=O) groups excluding carboxylic acids is 2. The first kappa shape index (κ1) is 18.1. The second kappa shape index (κ2) is 7.54. The number of amides is 1. The molecule has 0 spiro atoms. The van der Waals surface area contributed by atoms with Gasteiger partial charge in [-0.25, -0.2) is 4.79 Å². The fraction of sp³-hybridized carbons (Fsp3) is 0.471. The Morgan fingerprint density at radius 3 is 2.62 bits per heavy atom. The lowest BCUT2D eigenvalue weighted by Crippen LogP contribution is -2.52. The van der Waals surface area contributed by atoms with Crippen molar-refractivity contribution in [1.29, 1.82) is 5.26 Å². The molecule has 0 aliphatic heterocycles. The van der Waals surface area contributed by atoms with Gasteiger partial charge in [-0.05, 0) is 38.0 Å². The van der Waals surface area contributed by atoms with Crippen molar-refractivity contribution in [2.45, 2.75) is 50.7 Å². The van der Waals surface area contributed by atoms with Gasteiger partial charge in [0.15, 0.2) is 6.10 Å². The Bertz CT molecular complexity index is 678. The van der Waals surface area contributed by atoms with Crippen LogP contribution >= 0.6 is 11.6 Å². The molecule has 2 rings (SSSR count). The maximum absolute atomic E-state index is 12.3. The molecule has 6 nitrogen and oxygen atoms in total. The van der Waals surface area contributed by atoms with E-state index in [2.05, 4.69) is 11.4 Å². The number of nitriles is 1. The zero-order valence-electron chi connectivity index (χ0n) is 13.3. The molecule has 0 radical (unpaired) electrons. The van der Waals surface area contributed by atoms with Crippen LogP contribution in [0.4, 0.5) is 0 Å². The number of phenolic OH excluding ortho intramolecular Hbond substituents is 1. The fourth-order valence-corrected chi connectivity index (χ4v) is 2.88. The molecule has 1 amide bonds. The van der Waals surface area contributed by atoms with Gasteiger partial charge in [-0.2, -0.15) is 5.26 Å². The first-order valence-corrected chi connectivity index (χ1v) is 8.17. The van der Waals surface area contributed by atoms with E-state index < -0.39 is 23.5 Å². The Morgan fingerprint density at radius 1 is 1.38 bits per heavy atom. The molecule has 0 unspecified atom stereocenters. The van der Waals surface area contributed by atoms with Crippen LogP contribution in [0.3, 0.4) is 0 Å². The molecule has 1 saturated carbocycles. The number of carbonyl (C=O) groups is 2. The topological polar surface area (TPSA) is 99.4 Å². The molecule has 0 bridgehead atoms. The molecule has 1 aromatic carbocycles. The number of hydrogen-bond acceptors (Lipinski definition) is 5. The molecule has 128 valence electrons. The van der Waals surface area contributed by atoms with Gasteiger partial charge in [0.1, 0.15) is 16.9 Å². The van der Waals surface area contributed by atoms with E-state index in [1.54, 1.807) is 0 Å². The molecule has 1 fully saturated rings. The van der Waals surface area contributed by atoms with E-state index in [0.29, 0.717) is 12.8 Å². The Morgan fingerprint density at radius 2 is 2.04 bits per heavy atom. The number of benzene rings is 1. The molecule has 24 heavy (non-hydrogen) atoms. The number of hydrogen-bond donors (Lipinski definition) is 2. The number of esters is 1. The number of nitrogens with zero attached hydrogens (tertiary/aromatic N) is 1. The van der Waals surface area contributed by atoms with Gasteiger partial charge in [0.05, 0.1) is 6.07 Å². The second-order valence-electron chi connectivity index (χ2n) is 5.95. The van der Waals surface area contributed by atoms with Crippen LogP contribution in [0.15, 0.2) is 18.2 Å². The second-order valence-corrected chi connectivity index (χ2v) is 6.39. The van der Waals surface area contributed by atoms with Crippen molar-refractivity contribution in [2.75, 3.05) is 0 Å². The van der Waals surface area contributed by atoms with Gasteiger partial charge >= 0.3 is 5.97 Å². The van der Waals surface area contributed by atoms with E-state index in [9.17, 15) is 20.0 Å². The highest BCUT2D eigenvalue weighted by atomic mass is 35.5. The molecule has 1 aliphatic rings. The number of aromatic hydroxyl groups is 1. The summed E-state index contributed by atoms with van der Waals surface area (Å²) in [6.07, 6.45) is 2.89. The summed E-state index contributed by atoms with van der Waals surface area (Å²) in [5, 5.41) is 22.1. The zero-order chi connectivity index (χ0) is 17.7. The normalized spacial score (nSPS) is 17.4. The molecule has 1 atom stereocenters. The smallest absolute Gasteiger partial charge is 0.342 e. The van der Waals surface area contributed by atoms with Crippen molar-refractivity contribution >= 4 is 23.5 Å². The van der Waals surface area contributed by atoms with Crippen LogP contribution in [0.1, 0.15) is 49.4 Å². The summed E-state index contributed by atoms with van der Waals surface area (Å²) >= 11 is 5.71. The minimum Gasteiger partial charge on any atom is -0.507 e. The summed E-state index contributed by atoms with van der Waals surface area (Å²) in [6.45, 7) is 1.42. The molecular formula is C17H19ClN2O4. The number of rotatable bonds is 4. The third-order valence-corrected chi connectivity index (χ3v) is 4.35. The molecule has 1 aromatic rings. The largest absolute Gasteiger partial charge is 0.507 e. The first-order valence-electron chi connectivity index (χ1n) is 7.80. The van der Waals surface area contributed by atoms with Crippen LogP contribution in [0.25, 0.3) is 0 Å². The Balaban J connectivity index is 2.00. The van der Waals surface area contributed by atoms with Crippen molar-refractivity contribution < 1.29 is 19.4 Å². The third-order valence-electron chi connectivity index (χ3n) is 4.12. The highest BCUT2D eigenvalue weighted by Crippen LogP contribution is 2.28. The van der Waals surface area contributed by atoms with Gasteiger partial charge in [-0.15, -0.1) is 0 Å². The van der Waals surface area contributed by atoms with E-state index in [1.807, 2.05) is 0 Å². The van der Waals surface area contributed by atoms with E-state index >= 15 is 0 Å². The lowest BCUT2D eigenvalue weighted by molar-refractivity contribution is -0.130. The van der Waals surface area contributed by atoms with Crippen molar-refractivity contribution in [3.8, 4) is 11.8 Å². The van der Waals surface area contributed by atoms with E-state index in [4.69, 9.17) is 16.3 Å². The van der Waals surface area contributed by atoms with Gasteiger partial charge in [-0.3, -0.25) is 4.79 Å². The Kier molecular flexibility index (Phi) is 5.68. The average molecular weight is 351 g/mol. The SMILES string of the molecule is C[C@@H](OC(=O)c1ccc(Cl)cc1O)C(=O)NC1(C#N)CCCCC1. The zero-order valence-corrected chi connectivity index (χ0v) is 14.1. The summed E-state index contributed by atoms with van der Waals surface area (Å²) in [4.78, 5) is 24.3. The maximum atomic E-state index is 12.3. The molecule has 2 N–H and O–H groups in total. The summed E-state index contributed by atoms with van der Waals surface area (Å²) in [5.41, 5.74) is -0.968. The number of phenols is 1. The summed E-state index contributed by atoms with van der Waals surface area (Å²) < 4.78 is 5.09. The average Bonchev–Trinajstić information content (AvgIpc) is 2.55. The van der Waals surface area contributed by atoms with Crippen molar-refractivity contribution in [2.24, 2.45) is 0 Å². The predicted octanol–water partition coefficient (Wildman–Crippen LogP) is 2.93. The maximum Gasteiger partial charge on any atom is 0.342 e. The lowest BCUT2D eigenvalue weighted by atomic mass is 9.83. The number of nitrogens with one attached hydrogen (secondary N) is 1. The van der Waals surface area contributed by atoms with Crippen molar-refractivity contribution in [3.05, 3.63) is 28.8 Å². The minimum absolute atomic E-state index is 0.0771. The Hall–Kier alpha value is -2.26. The van der Waals surface area contributed by atoms with E-state index in [1.165, 1.54) is 25.1 Å². The monoisotopic (exact) mass is 350 g/mol. The molecule has 0 heterocycles. The van der Waals surface area contributed by atoms with Crippen molar-refractivity contribution in [3.63, 3.8) is 0 Å². The summed E-state index contributed by atoms with van der Waals surface area (Å²) in [6, 6.07) is 6.16. The highest BCUT2D eigenvalue weighted by Gasteiger charge is 2.35. The van der Waals surface area contributed by atoms with Gasteiger partial charge in [0.25, 0.3) is 5.91 Å². The van der Waals surface area contributed by atoms with Gasteiger partial charge in [-0.1, -0.05) is 30.9 Å². The van der Waals surface area contributed by atoms with E-state index in [-0.39, 0.29) is 16.3 Å². The van der Waals surface area contributed by atoms with Crippen LogP contribution in [-0.4, -0.2) is 28.6 Å². The molecule has 1 aliphatic carbocycles. The van der Waals surface area contributed by atoms with Crippen LogP contribution in [0, 0.1) is 11.3 Å².